The maximum atomic E-state index is 14.7. The van der Waals surface area contributed by atoms with Gasteiger partial charge in [-0.15, -0.1) is 0 Å². The zero-order chi connectivity index (χ0) is 29.5. The number of benzene rings is 3. The average molecular weight is 563 g/mol. The third-order valence-electron chi connectivity index (χ3n) is 6.94. The van der Waals surface area contributed by atoms with Crippen LogP contribution in [0.1, 0.15) is 106 Å². The lowest BCUT2D eigenvalue weighted by Gasteiger charge is -2.16. The Morgan fingerprint density at radius 3 is 1.88 bits per heavy atom. The molecule has 0 spiro atoms. The van der Waals surface area contributed by atoms with Gasteiger partial charge in [0.05, 0.1) is 17.7 Å². The van der Waals surface area contributed by atoms with Gasteiger partial charge >= 0.3 is 11.9 Å². The van der Waals surface area contributed by atoms with Crippen molar-refractivity contribution in [3.05, 3.63) is 83.7 Å². The van der Waals surface area contributed by atoms with Gasteiger partial charge in [-0.1, -0.05) is 90.0 Å². The molecule has 41 heavy (non-hydrogen) atoms. The Bertz CT molecular complexity index is 1210. The van der Waals surface area contributed by atoms with Crippen LogP contribution in [0.2, 0.25) is 0 Å². The summed E-state index contributed by atoms with van der Waals surface area (Å²) in [5.41, 5.74) is 2.10. The van der Waals surface area contributed by atoms with Crippen LogP contribution in [0.25, 0.3) is 11.1 Å². The van der Waals surface area contributed by atoms with E-state index in [1.165, 1.54) is 44.2 Å². The van der Waals surface area contributed by atoms with Crippen LogP contribution in [-0.4, -0.2) is 24.6 Å². The quantitative estimate of drug-likeness (QED) is 0.0931. The fourth-order valence-corrected chi connectivity index (χ4v) is 4.63. The second-order valence-corrected chi connectivity index (χ2v) is 10.4. The van der Waals surface area contributed by atoms with Crippen LogP contribution in [0.4, 0.5) is 4.39 Å². The highest BCUT2D eigenvalue weighted by Gasteiger charge is 2.19. The molecule has 0 N–H and O–H groups in total. The van der Waals surface area contributed by atoms with E-state index >= 15 is 0 Å². The number of halogens is 1. The molecule has 0 amide bonds. The van der Waals surface area contributed by atoms with Crippen molar-refractivity contribution in [3.8, 4) is 22.6 Å². The number of hydrogen-bond acceptors (Lipinski definition) is 5. The maximum absolute atomic E-state index is 14.7. The fraction of sp³-hybridized carbons (Fsp3) is 0.429. The molecule has 0 saturated heterocycles. The number of carbonyl (C=O) groups is 2. The number of hydrogen-bond donors (Lipinski definition) is 0. The molecule has 0 aromatic heterocycles. The van der Waals surface area contributed by atoms with Gasteiger partial charge in [0.2, 0.25) is 0 Å². The number of rotatable bonds is 17. The first kappa shape index (κ1) is 31.9. The highest BCUT2D eigenvalue weighted by molar-refractivity contribution is 5.92. The Labute approximate surface area is 244 Å². The van der Waals surface area contributed by atoms with Crippen molar-refractivity contribution in [2.24, 2.45) is 0 Å². The number of ether oxygens (including phenoxy) is 3. The lowest BCUT2D eigenvalue weighted by atomic mass is 10.0. The molecule has 3 rings (SSSR count). The maximum Gasteiger partial charge on any atom is 0.343 e. The predicted molar refractivity (Wildman–Crippen MR) is 161 cm³/mol. The minimum Gasteiger partial charge on any atom is -0.494 e. The summed E-state index contributed by atoms with van der Waals surface area (Å²) in [5, 5.41) is 0. The van der Waals surface area contributed by atoms with Gasteiger partial charge in [-0.05, 0) is 66.8 Å². The molecule has 0 bridgehead atoms. The van der Waals surface area contributed by atoms with Gasteiger partial charge < -0.3 is 14.2 Å². The second-order valence-electron chi connectivity index (χ2n) is 10.4. The van der Waals surface area contributed by atoms with E-state index in [9.17, 15) is 14.0 Å². The molecule has 0 saturated carbocycles. The normalized spacial score (nSPS) is 11.0. The molecular formula is C35H43FO5. The summed E-state index contributed by atoms with van der Waals surface area (Å²) >= 11 is 0. The summed E-state index contributed by atoms with van der Waals surface area (Å²) in [6.45, 7) is 6.97. The van der Waals surface area contributed by atoms with Gasteiger partial charge in [-0.3, -0.25) is 0 Å². The van der Waals surface area contributed by atoms with Gasteiger partial charge in [-0.25, -0.2) is 14.0 Å². The third-order valence-corrected chi connectivity index (χ3v) is 6.94. The summed E-state index contributed by atoms with van der Waals surface area (Å²) < 4.78 is 31.4. The third kappa shape index (κ3) is 10.3. The Balaban J connectivity index is 1.52. The van der Waals surface area contributed by atoms with Crippen LogP contribution in [0.3, 0.4) is 0 Å². The first-order valence-electron chi connectivity index (χ1n) is 15.0. The zero-order valence-corrected chi connectivity index (χ0v) is 24.6. The molecule has 6 heteroatoms. The monoisotopic (exact) mass is 562 g/mol. The smallest absolute Gasteiger partial charge is 0.343 e. The van der Waals surface area contributed by atoms with Crippen LogP contribution in [-0.2, 0) is 4.74 Å². The summed E-state index contributed by atoms with van der Waals surface area (Å²) in [4.78, 5) is 25.1. The Kier molecular flexibility index (Phi) is 13.4. The molecule has 0 radical (unpaired) electrons. The van der Waals surface area contributed by atoms with Crippen LogP contribution >= 0.6 is 0 Å². The number of esters is 2. The molecule has 0 aliphatic rings. The molecule has 0 aliphatic heterocycles. The van der Waals surface area contributed by atoms with Crippen LogP contribution in [0, 0.1) is 5.82 Å². The lowest BCUT2D eigenvalue weighted by molar-refractivity contribution is 0.0253. The standard InChI is InChI=1S/C35H43FO5/c1-4-7-8-9-10-11-24-39-29-20-18-27(19-21-29)26-14-16-28(17-15-26)34(37)41-31-22-23-32(33(36)25-31)35(38)40-30(12-5-2)13-6-3/h14-23,25,30H,4-13,24H2,1-3H3. The number of carbonyl (C=O) groups excluding carboxylic acids is 2. The van der Waals surface area contributed by atoms with Crippen molar-refractivity contribution in [1.82, 2.24) is 0 Å². The molecule has 0 fully saturated rings. The van der Waals surface area contributed by atoms with Crippen LogP contribution in [0.15, 0.2) is 66.7 Å². The van der Waals surface area contributed by atoms with Gasteiger partial charge in [0.1, 0.15) is 23.4 Å². The van der Waals surface area contributed by atoms with Crippen LogP contribution in [0.5, 0.6) is 11.5 Å². The summed E-state index contributed by atoms with van der Waals surface area (Å²) in [6, 6.07) is 18.6. The molecule has 0 aliphatic carbocycles. The van der Waals surface area contributed by atoms with Crippen molar-refractivity contribution in [2.45, 2.75) is 91.1 Å². The van der Waals surface area contributed by atoms with Crippen molar-refractivity contribution in [1.29, 1.82) is 0 Å². The van der Waals surface area contributed by atoms with Gasteiger partial charge in [0.25, 0.3) is 0 Å². The summed E-state index contributed by atoms with van der Waals surface area (Å²) in [5.74, 6) is -1.25. The van der Waals surface area contributed by atoms with Crippen molar-refractivity contribution in [2.75, 3.05) is 6.61 Å². The van der Waals surface area contributed by atoms with Crippen molar-refractivity contribution >= 4 is 11.9 Å². The molecule has 220 valence electrons. The average Bonchev–Trinajstić information content (AvgIpc) is 2.97. The van der Waals surface area contributed by atoms with Crippen LogP contribution < -0.4 is 9.47 Å². The number of unbranched alkanes of at least 4 members (excludes halogenated alkanes) is 5. The second kappa shape index (κ2) is 17.2. The van der Waals surface area contributed by atoms with E-state index in [0.717, 1.165) is 61.7 Å². The molecule has 0 unspecified atom stereocenters. The summed E-state index contributed by atoms with van der Waals surface area (Å²) in [6.07, 6.45) is 10.3. The van der Waals surface area contributed by atoms with E-state index in [4.69, 9.17) is 14.2 Å². The topological polar surface area (TPSA) is 61.8 Å². The van der Waals surface area contributed by atoms with E-state index in [0.29, 0.717) is 5.56 Å². The van der Waals surface area contributed by atoms with Gasteiger partial charge in [0.15, 0.2) is 0 Å². The van der Waals surface area contributed by atoms with Gasteiger partial charge in [-0.2, -0.15) is 0 Å². The predicted octanol–water partition coefficient (Wildman–Crippen LogP) is 9.58. The Morgan fingerprint density at radius 2 is 1.27 bits per heavy atom. The SMILES string of the molecule is CCCCCCCCOc1ccc(-c2ccc(C(=O)Oc3ccc(C(=O)OC(CCC)CCC)c(F)c3)cc2)cc1. The highest BCUT2D eigenvalue weighted by atomic mass is 19.1. The van der Waals surface area contributed by atoms with E-state index in [-0.39, 0.29) is 17.4 Å². The highest BCUT2D eigenvalue weighted by Crippen LogP contribution is 2.25. The molecular weight excluding hydrogens is 519 g/mol. The van der Waals surface area contributed by atoms with Crippen molar-refractivity contribution in [3.63, 3.8) is 0 Å². The Morgan fingerprint density at radius 1 is 0.683 bits per heavy atom. The zero-order valence-electron chi connectivity index (χ0n) is 24.6. The summed E-state index contributed by atoms with van der Waals surface area (Å²) in [7, 11) is 0. The van der Waals surface area contributed by atoms with E-state index in [1.807, 2.05) is 50.2 Å². The molecule has 5 nitrogen and oxygen atoms in total. The molecule has 3 aromatic rings. The van der Waals surface area contributed by atoms with Crippen molar-refractivity contribution < 1.29 is 28.2 Å². The lowest BCUT2D eigenvalue weighted by Crippen LogP contribution is -2.19. The first-order valence-corrected chi connectivity index (χ1v) is 15.0. The van der Waals surface area contributed by atoms with E-state index in [1.54, 1.807) is 12.1 Å². The first-order chi connectivity index (χ1) is 19.9. The fourth-order valence-electron chi connectivity index (χ4n) is 4.63. The molecule has 0 heterocycles. The minimum atomic E-state index is -0.790. The Hall–Kier alpha value is -3.67. The largest absolute Gasteiger partial charge is 0.494 e. The van der Waals surface area contributed by atoms with E-state index < -0.39 is 17.8 Å². The molecule has 3 aromatic carbocycles. The van der Waals surface area contributed by atoms with Gasteiger partial charge in [0, 0.05) is 6.07 Å². The minimum absolute atomic E-state index is 0.0170. The van der Waals surface area contributed by atoms with E-state index in [2.05, 4.69) is 6.92 Å². The molecule has 0 atom stereocenters.